The molecule has 0 aromatic heterocycles. The predicted molar refractivity (Wildman–Crippen MR) is 90.3 cm³/mol. The Morgan fingerprint density at radius 1 is 0.815 bits per heavy atom. The lowest BCUT2D eigenvalue weighted by Crippen LogP contribution is -2.12. The van der Waals surface area contributed by atoms with E-state index in [0.29, 0.717) is 5.56 Å². The standard InChI is InChI=1S/C18H14F5NO2S/c19-17(20)9-15(11-1-5-13(6-2-11)18(21,22)23)16(10-17)12-3-7-14(8-4-12)27(24,25)26/h1-8H,9-10H2,(H2,24,25,26). The van der Waals surface area contributed by atoms with Crippen LogP contribution in [0.25, 0.3) is 11.1 Å². The van der Waals surface area contributed by atoms with Gasteiger partial charge in [-0.25, -0.2) is 22.3 Å². The fourth-order valence-corrected chi connectivity index (χ4v) is 3.57. The largest absolute Gasteiger partial charge is 0.416 e. The molecule has 3 nitrogen and oxygen atoms in total. The van der Waals surface area contributed by atoms with E-state index in [-0.39, 0.29) is 21.6 Å². The van der Waals surface area contributed by atoms with Gasteiger partial charge in [0, 0.05) is 12.8 Å². The molecule has 27 heavy (non-hydrogen) atoms. The van der Waals surface area contributed by atoms with Crippen molar-refractivity contribution in [3.63, 3.8) is 0 Å². The Labute approximate surface area is 152 Å². The highest BCUT2D eigenvalue weighted by molar-refractivity contribution is 7.89. The van der Waals surface area contributed by atoms with Gasteiger partial charge in [-0.15, -0.1) is 0 Å². The zero-order valence-electron chi connectivity index (χ0n) is 13.7. The summed E-state index contributed by atoms with van der Waals surface area (Å²) >= 11 is 0. The first-order chi connectivity index (χ1) is 12.4. The van der Waals surface area contributed by atoms with E-state index < -0.39 is 40.5 Å². The number of alkyl halides is 5. The van der Waals surface area contributed by atoms with E-state index in [1.807, 2.05) is 0 Å². The smallest absolute Gasteiger partial charge is 0.225 e. The van der Waals surface area contributed by atoms with Crippen molar-refractivity contribution in [2.45, 2.75) is 29.8 Å². The summed E-state index contributed by atoms with van der Waals surface area (Å²) in [5.41, 5.74) is 0.272. The number of halogens is 5. The van der Waals surface area contributed by atoms with Gasteiger partial charge in [-0.05, 0) is 46.5 Å². The van der Waals surface area contributed by atoms with Gasteiger partial charge in [0.25, 0.3) is 5.92 Å². The Hall–Kier alpha value is -2.26. The van der Waals surface area contributed by atoms with Gasteiger partial charge in [0.2, 0.25) is 10.0 Å². The van der Waals surface area contributed by atoms with E-state index in [1.165, 1.54) is 24.3 Å². The average molecular weight is 403 g/mol. The fourth-order valence-electron chi connectivity index (χ4n) is 3.05. The molecule has 1 aliphatic carbocycles. The van der Waals surface area contributed by atoms with Gasteiger partial charge in [-0.1, -0.05) is 24.3 Å². The highest BCUT2D eigenvalue weighted by Gasteiger charge is 2.40. The normalized spacial score (nSPS) is 17.4. The zero-order chi connectivity index (χ0) is 20.0. The lowest BCUT2D eigenvalue weighted by atomic mass is 9.96. The van der Waals surface area contributed by atoms with Crippen molar-refractivity contribution in [3.8, 4) is 0 Å². The number of nitrogens with two attached hydrogens (primary N) is 1. The van der Waals surface area contributed by atoms with Crippen LogP contribution in [0.1, 0.15) is 29.5 Å². The lowest BCUT2D eigenvalue weighted by Gasteiger charge is -2.11. The molecule has 1 aliphatic rings. The summed E-state index contributed by atoms with van der Waals surface area (Å²) in [6, 6.07) is 9.16. The quantitative estimate of drug-likeness (QED) is 0.756. The van der Waals surface area contributed by atoms with Crippen LogP contribution >= 0.6 is 0 Å². The fraction of sp³-hybridized carbons (Fsp3) is 0.222. The van der Waals surface area contributed by atoms with E-state index in [4.69, 9.17) is 5.14 Å². The molecular formula is C18H14F5NO2S. The molecule has 0 fully saturated rings. The molecule has 0 spiro atoms. The minimum atomic E-state index is -4.51. The summed E-state index contributed by atoms with van der Waals surface area (Å²) in [4.78, 5) is -0.160. The molecule has 0 saturated heterocycles. The molecule has 2 aromatic rings. The van der Waals surface area contributed by atoms with Gasteiger partial charge in [0.1, 0.15) is 0 Å². The van der Waals surface area contributed by atoms with Crippen LogP contribution in [0.15, 0.2) is 53.4 Å². The average Bonchev–Trinajstić information content (AvgIpc) is 2.89. The number of hydrogen-bond acceptors (Lipinski definition) is 2. The van der Waals surface area contributed by atoms with E-state index in [2.05, 4.69) is 0 Å². The number of allylic oxidation sites excluding steroid dienone is 2. The molecule has 0 radical (unpaired) electrons. The third kappa shape index (κ3) is 4.19. The summed E-state index contributed by atoms with van der Waals surface area (Å²) in [5, 5.41) is 5.02. The molecule has 0 heterocycles. The summed E-state index contributed by atoms with van der Waals surface area (Å²) in [7, 11) is -3.92. The predicted octanol–water partition coefficient (Wildman–Crippen LogP) is 4.69. The molecule has 0 bridgehead atoms. The third-order valence-electron chi connectivity index (χ3n) is 4.33. The first-order valence-corrected chi connectivity index (χ1v) is 9.32. The molecule has 0 unspecified atom stereocenters. The van der Waals surface area contributed by atoms with Crippen LogP contribution in [0.2, 0.25) is 0 Å². The van der Waals surface area contributed by atoms with Crippen molar-refractivity contribution in [3.05, 3.63) is 65.2 Å². The van der Waals surface area contributed by atoms with Gasteiger partial charge in [0.15, 0.2) is 0 Å². The summed E-state index contributed by atoms with van der Waals surface area (Å²) in [6.45, 7) is 0. The Morgan fingerprint density at radius 2 is 1.22 bits per heavy atom. The number of hydrogen-bond donors (Lipinski definition) is 1. The zero-order valence-corrected chi connectivity index (χ0v) is 14.5. The summed E-state index contributed by atoms with van der Waals surface area (Å²) < 4.78 is 88.8. The molecule has 2 aromatic carbocycles. The second-order valence-electron chi connectivity index (χ2n) is 6.31. The molecule has 0 aliphatic heterocycles. The number of primary sulfonamides is 1. The first kappa shape index (κ1) is 19.5. The van der Waals surface area contributed by atoms with Crippen molar-refractivity contribution in [1.29, 1.82) is 0 Å². The SMILES string of the molecule is NS(=O)(=O)c1ccc(C2=C(c3ccc(C(F)(F)F)cc3)CC(F)(F)C2)cc1. The van der Waals surface area contributed by atoms with Crippen LogP contribution < -0.4 is 5.14 Å². The second kappa shape index (κ2) is 6.42. The van der Waals surface area contributed by atoms with Gasteiger partial charge >= 0.3 is 6.18 Å². The lowest BCUT2D eigenvalue weighted by molar-refractivity contribution is -0.137. The third-order valence-corrected chi connectivity index (χ3v) is 5.26. The van der Waals surface area contributed by atoms with Crippen molar-refractivity contribution < 1.29 is 30.4 Å². The summed E-state index contributed by atoms with van der Waals surface area (Å²) in [6.07, 6.45) is -5.71. The number of rotatable bonds is 3. The van der Waals surface area contributed by atoms with Crippen LogP contribution in [0.5, 0.6) is 0 Å². The van der Waals surface area contributed by atoms with E-state index >= 15 is 0 Å². The van der Waals surface area contributed by atoms with Crippen molar-refractivity contribution in [2.75, 3.05) is 0 Å². The maximum Gasteiger partial charge on any atom is 0.416 e. The van der Waals surface area contributed by atoms with Crippen LogP contribution in [-0.2, 0) is 16.2 Å². The van der Waals surface area contributed by atoms with Crippen LogP contribution in [0.4, 0.5) is 22.0 Å². The molecule has 0 saturated carbocycles. The van der Waals surface area contributed by atoms with Gasteiger partial charge < -0.3 is 0 Å². The van der Waals surface area contributed by atoms with Crippen molar-refractivity contribution in [1.82, 2.24) is 0 Å². The molecule has 9 heteroatoms. The Balaban J connectivity index is 2.04. The number of benzene rings is 2. The van der Waals surface area contributed by atoms with E-state index in [1.54, 1.807) is 0 Å². The Bertz CT molecular complexity index is 992. The van der Waals surface area contributed by atoms with Crippen molar-refractivity contribution >= 4 is 21.2 Å². The van der Waals surface area contributed by atoms with Gasteiger partial charge in [-0.2, -0.15) is 13.2 Å². The van der Waals surface area contributed by atoms with Crippen LogP contribution in [0.3, 0.4) is 0 Å². The topological polar surface area (TPSA) is 60.2 Å². The maximum absolute atomic E-state index is 14.0. The van der Waals surface area contributed by atoms with Gasteiger partial charge in [0.05, 0.1) is 10.5 Å². The molecule has 0 amide bonds. The minimum Gasteiger partial charge on any atom is -0.225 e. The molecule has 3 rings (SSSR count). The van der Waals surface area contributed by atoms with E-state index in [9.17, 15) is 30.4 Å². The van der Waals surface area contributed by atoms with Crippen LogP contribution in [-0.4, -0.2) is 14.3 Å². The molecule has 144 valence electrons. The first-order valence-electron chi connectivity index (χ1n) is 7.78. The Kier molecular flexibility index (Phi) is 4.63. The molecular weight excluding hydrogens is 389 g/mol. The second-order valence-corrected chi connectivity index (χ2v) is 7.87. The number of sulfonamides is 1. The molecule has 0 atom stereocenters. The summed E-state index contributed by atoms with van der Waals surface area (Å²) in [5.74, 6) is -3.04. The highest BCUT2D eigenvalue weighted by Crippen LogP contribution is 2.48. The monoisotopic (exact) mass is 403 g/mol. The van der Waals surface area contributed by atoms with Gasteiger partial charge in [-0.3, -0.25) is 0 Å². The molecule has 2 N–H and O–H groups in total. The maximum atomic E-state index is 14.0. The Morgan fingerprint density at radius 3 is 1.59 bits per heavy atom. The van der Waals surface area contributed by atoms with Crippen LogP contribution in [0, 0.1) is 0 Å². The van der Waals surface area contributed by atoms with E-state index in [0.717, 1.165) is 24.3 Å². The highest BCUT2D eigenvalue weighted by atomic mass is 32.2. The minimum absolute atomic E-state index is 0.160. The van der Waals surface area contributed by atoms with Crippen molar-refractivity contribution in [2.24, 2.45) is 5.14 Å².